The van der Waals surface area contributed by atoms with Crippen molar-refractivity contribution in [3.63, 3.8) is 0 Å². The van der Waals surface area contributed by atoms with Gasteiger partial charge in [0.1, 0.15) is 5.69 Å². The Morgan fingerprint density at radius 2 is 1.73 bits per heavy atom. The summed E-state index contributed by atoms with van der Waals surface area (Å²) in [5.74, 6) is -12.6. The van der Waals surface area contributed by atoms with Crippen molar-refractivity contribution < 1.29 is 51.6 Å². The lowest BCUT2D eigenvalue weighted by Crippen LogP contribution is -2.49. The fourth-order valence-electron chi connectivity index (χ4n) is 3.78. The molecule has 0 saturated carbocycles. The number of carbonyl (C=O) groups is 3. The molecule has 2 aromatic carbocycles. The molecule has 15 heteroatoms. The van der Waals surface area contributed by atoms with E-state index >= 15 is 0 Å². The molecule has 220 valence electrons. The van der Waals surface area contributed by atoms with Gasteiger partial charge in [0, 0.05) is 11.1 Å². The molecule has 10 nitrogen and oxygen atoms in total. The Morgan fingerprint density at radius 3 is 2.29 bits per heavy atom. The van der Waals surface area contributed by atoms with Crippen LogP contribution in [0.3, 0.4) is 0 Å². The number of esters is 1. The number of amides is 1. The Morgan fingerprint density at radius 1 is 1.10 bits per heavy atom. The van der Waals surface area contributed by atoms with Crippen LogP contribution in [0, 0.1) is 23.3 Å². The predicted octanol–water partition coefficient (Wildman–Crippen LogP) is 3.50. The van der Waals surface area contributed by atoms with Gasteiger partial charge in [-0.3, -0.25) is 9.48 Å². The molecule has 1 amide bonds. The molecule has 0 fully saturated rings. The highest BCUT2D eigenvalue weighted by Gasteiger charge is 2.32. The summed E-state index contributed by atoms with van der Waals surface area (Å²) in [6.07, 6.45) is -1.59. The van der Waals surface area contributed by atoms with E-state index in [0.717, 1.165) is 13.2 Å². The zero-order valence-electron chi connectivity index (χ0n) is 21.6. The molecular formula is C26H24ClF4N3O7. The molecule has 0 aliphatic rings. The molecule has 3 aromatic rings. The zero-order chi connectivity index (χ0) is 30.4. The average molecular weight is 602 g/mol. The van der Waals surface area contributed by atoms with Crippen LogP contribution in [0.15, 0.2) is 30.3 Å². The summed E-state index contributed by atoms with van der Waals surface area (Å²) < 4.78 is 67.1. The zero-order valence-corrected chi connectivity index (χ0v) is 22.3. The number of rotatable bonds is 12. The van der Waals surface area contributed by atoms with Crippen LogP contribution in [0.25, 0.3) is 0 Å². The number of ether oxygens (including phenoxy) is 2. The topological polar surface area (TPSA) is 140 Å². The summed E-state index contributed by atoms with van der Waals surface area (Å²) in [4.78, 5) is 37.2. The first-order valence-electron chi connectivity index (χ1n) is 12.0. The Bertz CT molecular complexity index is 1440. The van der Waals surface area contributed by atoms with Gasteiger partial charge in [0.2, 0.25) is 11.6 Å². The van der Waals surface area contributed by atoms with Crippen molar-refractivity contribution in [1.82, 2.24) is 15.1 Å². The number of carboxylic acids is 1. The smallest absolute Gasteiger partial charge is 0.354 e. The fourth-order valence-corrected chi connectivity index (χ4v) is 4.00. The van der Waals surface area contributed by atoms with Crippen molar-refractivity contribution in [1.29, 1.82) is 0 Å². The van der Waals surface area contributed by atoms with Crippen LogP contribution < -0.4 is 10.1 Å². The number of methoxy groups -OCH3 is 1. The van der Waals surface area contributed by atoms with Crippen LogP contribution >= 0.6 is 11.6 Å². The average Bonchev–Trinajstić information content (AvgIpc) is 3.38. The van der Waals surface area contributed by atoms with E-state index in [4.69, 9.17) is 16.3 Å². The molecule has 0 saturated heterocycles. The van der Waals surface area contributed by atoms with E-state index in [2.05, 4.69) is 15.2 Å². The molecule has 0 unspecified atom stereocenters. The second-order valence-corrected chi connectivity index (χ2v) is 9.04. The standard InChI is InChI=1S/C26H24ClF4N3O7/c1-3-8-41-26(39)22(35)15(9-12-6-4-5-7-14(12)27)32-24(36)16-10-17(25(37)38)34(33-16)11-13-18(28)20(30)23(40-2)21(31)19(13)29/h4-7,10,15,22,35H,3,8-9,11H2,1-2H3,(H,32,36)(H,37,38)/t15-,22-/m1/s1. The van der Waals surface area contributed by atoms with Crippen molar-refractivity contribution in [2.75, 3.05) is 13.7 Å². The molecule has 3 N–H and O–H groups in total. The van der Waals surface area contributed by atoms with Crippen LogP contribution in [-0.2, 0) is 22.5 Å². The van der Waals surface area contributed by atoms with Crippen molar-refractivity contribution in [2.24, 2.45) is 0 Å². The third-order valence-corrected chi connectivity index (χ3v) is 6.21. The summed E-state index contributed by atoms with van der Waals surface area (Å²) in [6, 6.07) is 5.78. The Labute approximate surface area is 235 Å². The Balaban J connectivity index is 1.96. The van der Waals surface area contributed by atoms with Gasteiger partial charge in [0.25, 0.3) is 5.91 Å². The molecule has 2 atom stereocenters. The number of nitrogens with one attached hydrogen (secondary N) is 1. The Hall–Kier alpha value is -4.17. The number of halogens is 5. The maximum atomic E-state index is 14.5. The van der Waals surface area contributed by atoms with Gasteiger partial charge in [0.15, 0.2) is 29.2 Å². The normalized spacial score (nSPS) is 12.5. The molecule has 0 bridgehead atoms. The van der Waals surface area contributed by atoms with Crippen LogP contribution in [0.5, 0.6) is 5.75 Å². The van der Waals surface area contributed by atoms with Crippen LogP contribution in [0.2, 0.25) is 5.02 Å². The fraction of sp³-hybridized carbons (Fsp3) is 0.308. The lowest BCUT2D eigenvalue weighted by Gasteiger charge is -2.23. The van der Waals surface area contributed by atoms with Crippen LogP contribution in [0.1, 0.15) is 45.4 Å². The summed E-state index contributed by atoms with van der Waals surface area (Å²) in [7, 11) is 0.792. The molecule has 1 heterocycles. The van der Waals surface area contributed by atoms with Gasteiger partial charge in [-0.05, 0) is 24.5 Å². The molecule has 0 spiro atoms. The highest BCUT2D eigenvalue weighted by Crippen LogP contribution is 2.30. The maximum Gasteiger partial charge on any atom is 0.354 e. The van der Waals surface area contributed by atoms with E-state index < -0.39 is 82.5 Å². The number of aliphatic hydroxyl groups is 1. The predicted molar refractivity (Wildman–Crippen MR) is 135 cm³/mol. The SMILES string of the molecule is CCCOC(=O)[C@H](O)[C@@H](Cc1ccccc1Cl)NC(=O)c1cc(C(=O)O)n(Cc2c(F)c(F)c(OC)c(F)c2F)n1. The summed E-state index contributed by atoms with van der Waals surface area (Å²) in [5.41, 5.74) is -2.16. The molecule has 0 aliphatic carbocycles. The van der Waals surface area contributed by atoms with Gasteiger partial charge >= 0.3 is 11.9 Å². The molecule has 0 radical (unpaired) electrons. The number of hydrogen-bond donors (Lipinski definition) is 3. The number of benzene rings is 2. The first-order chi connectivity index (χ1) is 19.4. The van der Waals surface area contributed by atoms with E-state index in [1.165, 1.54) is 0 Å². The van der Waals surface area contributed by atoms with Crippen LogP contribution in [0.4, 0.5) is 17.6 Å². The number of aliphatic hydroxyl groups excluding tert-OH is 1. The second kappa shape index (κ2) is 13.5. The number of aromatic carboxylic acids is 1. The van der Waals surface area contributed by atoms with Crippen molar-refractivity contribution >= 4 is 29.4 Å². The molecular weight excluding hydrogens is 578 g/mol. The first-order valence-corrected chi connectivity index (χ1v) is 12.4. The molecule has 41 heavy (non-hydrogen) atoms. The number of carbonyl (C=O) groups excluding carboxylic acids is 2. The molecule has 3 rings (SSSR count). The molecule has 0 aliphatic heterocycles. The van der Waals surface area contributed by atoms with E-state index in [9.17, 15) is 42.2 Å². The minimum absolute atomic E-state index is 0.00526. The van der Waals surface area contributed by atoms with E-state index in [1.807, 2.05) is 0 Å². The van der Waals surface area contributed by atoms with Crippen molar-refractivity contribution in [3.05, 3.63) is 81.1 Å². The minimum atomic E-state index is -1.88. The van der Waals surface area contributed by atoms with Gasteiger partial charge in [-0.25, -0.2) is 18.4 Å². The highest BCUT2D eigenvalue weighted by molar-refractivity contribution is 6.31. The van der Waals surface area contributed by atoms with Gasteiger partial charge in [-0.1, -0.05) is 36.7 Å². The van der Waals surface area contributed by atoms with E-state index in [-0.39, 0.29) is 18.1 Å². The number of aromatic nitrogens is 2. The lowest BCUT2D eigenvalue weighted by atomic mass is 10.0. The monoisotopic (exact) mass is 601 g/mol. The van der Waals surface area contributed by atoms with Crippen LogP contribution in [-0.4, -0.2) is 63.7 Å². The van der Waals surface area contributed by atoms with Gasteiger partial charge in [-0.15, -0.1) is 0 Å². The summed E-state index contributed by atoms with van der Waals surface area (Å²) in [6.45, 7) is 0.597. The van der Waals surface area contributed by atoms with Gasteiger partial charge in [0.05, 0.1) is 31.9 Å². The second-order valence-electron chi connectivity index (χ2n) is 8.63. The molecule has 1 aromatic heterocycles. The third kappa shape index (κ3) is 6.95. The largest absolute Gasteiger partial charge is 0.491 e. The summed E-state index contributed by atoms with van der Waals surface area (Å²) >= 11 is 6.18. The Kier molecular flexibility index (Phi) is 10.3. The first kappa shape index (κ1) is 31.4. The highest BCUT2D eigenvalue weighted by atomic mass is 35.5. The minimum Gasteiger partial charge on any atom is -0.491 e. The number of hydrogen-bond acceptors (Lipinski definition) is 7. The maximum absolute atomic E-state index is 14.5. The van der Waals surface area contributed by atoms with Crippen molar-refractivity contribution in [2.45, 2.75) is 38.5 Å². The van der Waals surface area contributed by atoms with Crippen molar-refractivity contribution in [3.8, 4) is 5.75 Å². The summed E-state index contributed by atoms with van der Waals surface area (Å²) in [5, 5.41) is 26.6. The quantitative estimate of drug-likeness (QED) is 0.163. The number of carboxylic acid groups (broad SMARTS) is 1. The van der Waals surface area contributed by atoms with E-state index in [0.29, 0.717) is 16.7 Å². The number of nitrogens with zero attached hydrogens (tertiary/aromatic N) is 2. The van der Waals surface area contributed by atoms with Gasteiger partial charge in [-0.2, -0.15) is 13.9 Å². The van der Waals surface area contributed by atoms with Gasteiger partial charge < -0.3 is 25.0 Å². The lowest BCUT2D eigenvalue weighted by molar-refractivity contribution is -0.155. The third-order valence-electron chi connectivity index (χ3n) is 5.84. The van der Waals surface area contributed by atoms with E-state index in [1.54, 1.807) is 31.2 Å².